The fourth-order valence-corrected chi connectivity index (χ4v) is 1.87. The van der Waals surface area contributed by atoms with Crippen molar-refractivity contribution in [3.63, 3.8) is 0 Å². The molecule has 3 heteroatoms. The van der Waals surface area contributed by atoms with Crippen LogP contribution in [0.2, 0.25) is 0 Å². The summed E-state index contributed by atoms with van der Waals surface area (Å²) in [5.41, 5.74) is 0. The Morgan fingerprint density at radius 3 is 1.53 bits per heavy atom. The number of unbranched alkanes of at least 4 members (excludes halogenated alkanes) is 6. The molecule has 0 aliphatic heterocycles. The minimum absolute atomic E-state index is 0.256. The Balaban J connectivity index is 2.81. The Hall–Kier alpha value is 0.350. The molecule has 0 saturated heterocycles. The van der Waals surface area contributed by atoms with E-state index in [1.165, 1.54) is 51.4 Å². The molecule has 0 unspecified atom stereocenters. The fourth-order valence-electron chi connectivity index (χ4n) is 1.33. The van der Waals surface area contributed by atoms with Crippen molar-refractivity contribution in [1.82, 2.24) is 0 Å². The molecule has 0 saturated carbocycles. The summed E-state index contributed by atoms with van der Waals surface area (Å²) in [4.78, 5) is 0. The third kappa shape index (κ3) is 14.4. The number of hydrogen-bond donors (Lipinski definition) is 0. The first-order valence-electron chi connectivity index (χ1n) is 6.40. The van der Waals surface area contributed by atoms with Crippen LogP contribution in [-0.4, -0.2) is 13.2 Å². The van der Waals surface area contributed by atoms with Crippen LogP contribution in [0, 0.1) is 0 Å². The van der Waals surface area contributed by atoms with Gasteiger partial charge in [0.05, 0.1) is 13.2 Å². The average Bonchev–Trinajstić information content (AvgIpc) is 2.26. The summed E-state index contributed by atoms with van der Waals surface area (Å²) in [5, 5.41) is 0. The third-order valence-electron chi connectivity index (χ3n) is 2.32. The van der Waals surface area contributed by atoms with E-state index < -0.39 is 0 Å². The molecule has 92 valence electrons. The molecular weight excluding hydrogens is 207 g/mol. The first kappa shape index (κ1) is 15.3. The topological polar surface area (TPSA) is 18.5 Å². The van der Waals surface area contributed by atoms with Crippen molar-refractivity contribution >= 4 is 9.03 Å². The molecule has 0 fully saturated rings. The van der Waals surface area contributed by atoms with Gasteiger partial charge >= 0.3 is 0 Å². The zero-order valence-electron chi connectivity index (χ0n) is 10.4. The van der Waals surface area contributed by atoms with Gasteiger partial charge in [0.2, 0.25) is 0 Å². The van der Waals surface area contributed by atoms with Gasteiger partial charge in [0.15, 0.2) is 9.03 Å². The second-order valence-electron chi connectivity index (χ2n) is 3.90. The molecule has 0 aliphatic rings. The van der Waals surface area contributed by atoms with Gasteiger partial charge in [-0.3, -0.25) is 0 Å². The second kappa shape index (κ2) is 14.3. The molecular formula is C12H27O2P. The maximum atomic E-state index is 5.39. The van der Waals surface area contributed by atoms with E-state index >= 15 is 0 Å². The van der Waals surface area contributed by atoms with Gasteiger partial charge in [-0.05, 0) is 12.8 Å². The monoisotopic (exact) mass is 234 g/mol. The van der Waals surface area contributed by atoms with Crippen molar-refractivity contribution < 1.29 is 9.05 Å². The normalized spacial score (nSPS) is 10.8. The Labute approximate surface area is 97.1 Å². The Morgan fingerprint density at radius 2 is 1.13 bits per heavy atom. The lowest BCUT2D eigenvalue weighted by Crippen LogP contribution is -1.89. The highest BCUT2D eigenvalue weighted by atomic mass is 31.1. The molecule has 15 heavy (non-hydrogen) atoms. The van der Waals surface area contributed by atoms with Gasteiger partial charge in [-0.15, -0.1) is 0 Å². The van der Waals surface area contributed by atoms with Crippen molar-refractivity contribution in [1.29, 1.82) is 0 Å². The molecule has 0 atom stereocenters. The van der Waals surface area contributed by atoms with Crippen LogP contribution in [0.3, 0.4) is 0 Å². The molecule has 0 aromatic heterocycles. The molecule has 0 rings (SSSR count). The van der Waals surface area contributed by atoms with Gasteiger partial charge in [-0.1, -0.05) is 52.4 Å². The molecule has 2 nitrogen and oxygen atoms in total. The van der Waals surface area contributed by atoms with Gasteiger partial charge < -0.3 is 9.05 Å². The van der Waals surface area contributed by atoms with Gasteiger partial charge in [0.25, 0.3) is 0 Å². The summed E-state index contributed by atoms with van der Waals surface area (Å²) in [6, 6.07) is 0. The number of rotatable bonds is 12. The molecule has 0 aromatic rings. The molecule has 0 aromatic carbocycles. The van der Waals surface area contributed by atoms with Crippen LogP contribution in [0.1, 0.15) is 65.2 Å². The summed E-state index contributed by atoms with van der Waals surface area (Å²) in [5.74, 6) is 0. The van der Waals surface area contributed by atoms with Gasteiger partial charge in [0, 0.05) is 0 Å². The summed E-state index contributed by atoms with van der Waals surface area (Å²) < 4.78 is 10.8. The van der Waals surface area contributed by atoms with E-state index in [0.717, 1.165) is 13.2 Å². The Morgan fingerprint density at radius 1 is 0.667 bits per heavy atom. The van der Waals surface area contributed by atoms with Crippen molar-refractivity contribution in [3.8, 4) is 0 Å². The zero-order chi connectivity index (χ0) is 11.2. The van der Waals surface area contributed by atoms with Crippen molar-refractivity contribution in [2.45, 2.75) is 65.2 Å². The fraction of sp³-hybridized carbons (Fsp3) is 1.00. The van der Waals surface area contributed by atoms with E-state index in [1.807, 2.05) is 0 Å². The van der Waals surface area contributed by atoms with Crippen LogP contribution in [0.25, 0.3) is 0 Å². The molecule has 0 N–H and O–H groups in total. The van der Waals surface area contributed by atoms with E-state index in [0.29, 0.717) is 0 Å². The maximum Gasteiger partial charge on any atom is 0.155 e. The summed E-state index contributed by atoms with van der Waals surface area (Å²) in [6.45, 7) is 6.19. The first-order chi connectivity index (χ1) is 7.41. The summed E-state index contributed by atoms with van der Waals surface area (Å²) in [7, 11) is 0.256. The van der Waals surface area contributed by atoms with Crippen LogP contribution < -0.4 is 0 Å². The lowest BCUT2D eigenvalue weighted by Gasteiger charge is -2.04. The van der Waals surface area contributed by atoms with Gasteiger partial charge in [-0.2, -0.15) is 0 Å². The van der Waals surface area contributed by atoms with Crippen LogP contribution >= 0.6 is 9.03 Å². The largest absolute Gasteiger partial charge is 0.336 e. The van der Waals surface area contributed by atoms with E-state index in [4.69, 9.17) is 9.05 Å². The molecule has 0 bridgehead atoms. The summed E-state index contributed by atoms with van der Waals surface area (Å²) in [6.07, 6.45) is 10.2. The quantitative estimate of drug-likeness (QED) is 0.360. The SMILES string of the molecule is CCCCCCOPOCCCCCC. The number of hydrogen-bond acceptors (Lipinski definition) is 2. The van der Waals surface area contributed by atoms with Crippen LogP contribution in [0.15, 0.2) is 0 Å². The molecule has 0 aliphatic carbocycles. The highest BCUT2D eigenvalue weighted by Gasteiger charge is 1.91. The van der Waals surface area contributed by atoms with Crippen LogP contribution in [0.5, 0.6) is 0 Å². The van der Waals surface area contributed by atoms with E-state index in [1.54, 1.807) is 0 Å². The molecule has 0 heterocycles. The van der Waals surface area contributed by atoms with Crippen molar-refractivity contribution in [2.24, 2.45) is 0 Å². The van der Waals surface area contributed by atoms with Crippen molar-refractivity contribution in [2.75, 3.05) is 13.2 Å². The smallest absolute Gasteiger partial charge is 0.155 e. The lowest BCUT2D eigenvalue weighted by atomic mass is 10.2. The Kier molecular flexibility index (Phi) is 14.7. The van der Waals surface area contributed by atoms with Gasteiger partial charge in [0.1, 0.15) is 0 Å². The van der Waals surface area contributed by atoms with E-state index in [2.05, 4.69) is 13.8 Å². The van der Waals surface area contributed by atoms with Gasteiger partial charge in [-0.25, -0.2) is 0 Å². The predicted molar refractivity (Wildman–Crippen MR) is 68.5 cm³/mol. The van der Waals surface area contributed by atoms with E-state index in [9.17, 15) is 0 Å². The van der Waals surface area contributed by atoms with E-state index in [-0.39, 0.29) is 9.03 Å². The second-order valence-corrected chi connectivity index (χ2v) is 4.65. The van der Waals surface area contributed by atoms with Crippen LogP contribution in [0.4, 0.5) is 0 Å². The molecule has 0 radical (unpaired) electrons. The van der Waals surface area contributed by atoms with Crippen molar-refractivity contribution in [3.05, 3.63) is 0 Å². The average molecular weight is 234 g/mol. The lowest BCUT2D eigenvalue weighted by molar-refractivity contribution is 0.256. The molecule has 0 amide bonds. The first-order valence-corrected chi connectivity index (χ1v) is 7.22. The standard InChI is InChI=1S/C12H27O2P/c1-3-5-7-9-11-13-15-14-12-10-8-6-4-2/h15H,3-12H2,1-2H3. The molecule has 0 spiro atoms. The zero-order valence-corrected chi connectivity index (χ0v) is 11.4. The highest BCUT2D eigenvalue weighted by molar-refractivity contribution is 7.26. The minimum atomic E-state index is 0.256. The maximum absolute atomic E-state index is 5.39. The third-order valence-corrected chi connectivity index (χ3v) is 2.96. The Bertz CT molecular complexity index is 97.8. The predicted octanol–water partition coefficient (Wildman–Crippen LogP) is 4.69. The van der Waals surface area contributed by atoms with Crippen LogP contribution in [-0.2, 0) is 9.05 Å². The minimum Gasteiger partial charge on any atom is -0.336 e. The highest BCUT2D eigenvalue weighted by Crippen LogP contribution is 2.15. The summed E-state index contributed by atoms with van der Waals surface area (Å²) >= 11 is 0.